The van der Waals surface area contributed by atoms with E-state index in [0.29, 0.717) is 5.92 Å². The molecule has 0 unspecified atom stereocenters. The fraction of sp³-hybridized carbons (Fsp3) is 0.476. The first-order valence-corrected chi connectivity index (χ1v) is 9.20. The first kappa shape index (κ1) is 18.4. The highest BCUT2D eigenvalue weighted by Gasteiger charge is 2.59. The molecule has 1 aromatic carbocycles. The lowest BCUT2D eigenvalue weighted by Crippen LogP contribution is -2.37. The van der Waals surface area contributed by atoms with E-state index in [0.717, 1.165) is 24.1 Å². The van der Waals surface area contributed by atoms with Crippen molar-refractivity contribution in [1.82, 2.24) is 10.7 Å². The monoisotopic (exact) mass is 353 g/mol. The fourth-order valence-electron chi connectivity index (χ4n) is 4.23. The third kappa shape index (κ3) is 3.43. The van der Waals surface area contributed by atoms with Crippen molar-refractivity contribution in [2.24, 2.45) is 21.8 Å². The SMILES string of the molecule is CC1(C)[C@H]2CC[C@]1(C)/C(=N/NC(=O)CNC(=O)/C=C/c1ccccc1)C2. The zero-order valence-electron chi connectivity index (χ0n) is 15.7. The number of nitrogens with zero attached hydrogens (tertiary/aromatic N) is 1. The molecule has 3 rings (SSSR count). The fourth-order valence-corrected chi connectivity index (χ4v) is 4.23. The highest BCUT2D eigenvalue weighted by atomic mass is 16.2. The van der Waals surface area contributed by atoms with Gasteiger partial charge in [0.05, 0.1) is 6.54 Å². The number of carbonyl (C=O) groups excluding carboxylic acids is 2. The molecule has 5 heteroatoms. The molecule has 0 spiro atoms. The van der Waals surface area contributed by atoms with Crippen LogP contribution < -0.4 is 10.7 Å². The average molecular weight is 353 g/mol. The van der Waals surface area contributed by atoms with Crippen molar-refractivity contribution in [1.29, 1.82) is 0 Å². The van der Waals surface area contributed by atoms with Crippen molar-refractivity contribution < 1.29 is 9.59 Å². The molecule has 2 N–H and O–H groups in total. The van der Waals surface area contributed by atoms with Crippen molar-refractivity contribution >= 4 is 23.6 Å². The van der Waals surface area contributed by atoms with E-state index in [1.54, 1.807) is 6.08 Å². The highest BCUT2D eigenvalue weighted by molar-refractivity contribution is 5.96. The molecule has 0 aliphatic heterocycles. The number of rotatable bonds is 5. The molecule has 1 aromatic rings. The summed E-state index contributed by atoms with van der Waals surface area (Å²) in [6, 6.07) is 9.54. The number of carbonyl (C=O) groups is 2. The van der Waals surface area contributed by atoms with E-state index >= 15 is 0 Å². The standard InChI is InChI=1S/C21H27N3O2/c1-20(2)16-11-12-21(20,3)17(13-16)23-24-19(26)14-22-18(25)10-9-15-7-5-4-6-8-15/h4-10,16H,11-14H2,1-3H3,(H,22,25)(H,24,26)/b10-9+,23-17+/t16-,21+/m0/s1. The van der Waals surface area contributed by atoms with Gasteiger partial charge in [-0.25, -0.2) is 5.43 Å². The summed E-state index contributed by atoms with van der Waals surface area (Å²) in [5.74, 6) is 0.0405. The first-order chi connectivity index (χ1) is 12.3. The van der Waals surface area contributed by atoms with Crippen LogP contribution in [0.1, 0.15) is 45.6 Å². The molecule has 0 aromatic heterocycles. The number of fused-ring (bicyclic) bond motifs is 2. The van der Waals surface area contributed by atoms with Crippen LogP contribution in [0.3, 0.4) is 0 Å². The second kappa shape index (κ2) is 7.06. The van der Waals surface area contributed by atoms with E-state index in [2.05, 4.69) is 36.6 Å². The number of hydrogen-bond donors (Lipinski definition) is 2. The predicted octanol–water partition coefficient (Wildman–Crippen LogP) is 3.13. The van der Waals surface area contributed by atoms with Gasteiger partial charge in [-0.2, -0.15) is 5.10 Å². The smallest absolute Gasteiger partial charge is 0.259 e. The Balaban J connectivity index is 1.48. The lowest BCUT2D eigenvalue weighted by molar-refractivity contribution is -0.123. The minimum Gasteiger partial charge on any atom is -0.343 e. The summed E-state index contributed by atoms with van der Waals surface area (Å²) in [7, 11) is 0. The Morgan fingerprint density at radius 2 is 1.96 bits per heavy atom. The van der Waals surface area contributed by atoms with E-state index in [1.165, 1.54) is 12.5 Å². The molecule has 2 saturated carbocycles. The van der Waals surface area contributed by atoms with E-state index in [4.69, 9.17) is 0 Å². The summed E-state index contributed by atoms with van der Waals surface area (Å²) < 4.78 is 0. The summed E-state index contributed by atoms with van der Waals surface area (Å²) in [4.78, 5) is 23.8. The minimum absolute atomic E-state index is 0.0621. The van der Waals surface area contributed by atoms with Gasteiger partial charge in [0.15, 0.2) is 0 Å². The number of hydrogen-bond acceptors (Lipinski definition) is 3. The Morgan fingerprint density at radius 3 is 2.58 bits per heavy atom. The zero-order chi connectivity index (χ0) is 18.8. The van der Waals surface area contributed by atoms with Crippen LogP contribution in [0.2, 0.25) is 0 Å². The van der Waals surface area contributed by atoms with Gasteiger partial charge in [0.25, 0.3) is 5.91 Å². The second-order valence-electron chi connectivity index (χ2n) is 8.05. The van der Waals surface area contributed by atoms with E-state index in [9.17, 15) is 9.59 Å². The maximum absolute atomic E-state index is 12.0. The quantitative estimate of drug-likeness (QED) is 0.631. The maximum atomic E-state index is 12.0. The normalized spacial score (nSPS) is 27.8. The summed E-state index contributed by atoms with van der Waals surface area (Å²) >= 11 is 0. The Kier molecular flexibility index (Phi) is 4.99. The van der Waals surface area contributed by atoms with E-state index < -0.39 is 0 Å². The summed E-state index contributed by atoms with van der Waals surface area (Å²) in [6.45, 7) is 6.77. The molecule has 2 aliphatic carbocycles. The molecule has 2 aliphatic rings. The molecule has 2 bridgehead atoms. The van der Waals surface area contributed by atoms with Crippen LogP contribution in [0.15, 0.2) is 41.5 Å². The average Bonchev–Trinajstić information content (AvgIpc) is 2.97. The van der Waals surface area contributed by atoms with E-state index in [1.807, 2.05) is 30.3 Å². The van der Waals surface area contributed by atoms with Crippen molar-refractivity contribution in [3.63, 3.8) is 0 Å². The van der Waals surface area contributed by atoms with Gasteiger partial charge >= 0.3 is 0 Å². The topological polar surface area (TPSA) is 70.6 Å². The van der Waals surface area contributed by atoms with Crippen LogP contribution in [-0.2, 0) is 9.59 Å². The summed E-state index contributed by atoms with van der Waals surface area (Å²) in [5, 5.41) is 6.97. The predicted molar refractivity (Wildman–Crippen MR) is 103 cm³/mol. The maximum Gasteiger partial charge on any atom is 0.259 e. The second-order valence-corrected chi connectivity index (χ2v) is 8.05. The molecular weight excluding hydrogens is 326 g/mol. The van der Waals surface area contributed by atoms with Gasteiger partial charge in [-0.05, 0) is 42.2 Å². The molecule has 0 saturated heterocycles. The van der Waals surface area contributed by atoms with Gasteiger partial charge in [-0.3, -0.25) is 9.59 Å². The van der Waals surface area contributed by atoms with E-state index in [-0.39, 0.29) is 29.2 Å². The Morgan fingerprint density at radius 1 is 1.23 bits per heavy atom. The molecule has 5 nitrogen and oxygen atoms in total. The van der Waals surface area contributed by atoms with Gasteiger partial charge in [0, 0.05) is 17.2 Å². The Bertz CT molecular complexity index is 752. The molecule has 2 amide bonds. The molecule has 138 valence electrons. The lowest BCUT2D eigenvalue weighted by Gasteiger charge is -2.34. The summed E-state index contributed by atoms with van der Waals surface area (Å²) in [6.07, 6.45) is 6.45. The number of hydrazone groups is 1. The molecular formula is C21H27N3O2. The summed E-state index contributed by atoms with van der Waals surface area (Å²) in [5.41, 5.74) is 4.92. The van der Waals surface area contributed by atoms with Crippen LogP contribution in [-0.4, -0.2) is 24.1 Å². The lowest BCUT2D eigenvalue weighted by atomic mass is 9.70. The Labute approximate surface area is 154 Å². The van der Waals surface area contributed by atoms with Gasteiger partial charge in [-0.1, -0.05) is 51.1 Å². The van der Waals surface area contributed by atoms with Gasteiger partial charge < -0.3 is 5.32 Å². The van der Waals surface area contributed by atoms with Crippen molar-refractivity contribution in [3.05, 3.63) is 42.0 Å². The third-order valence-electron chi connectivity index (χ3n) is 6.48. The van der Waals surface area contributed by atoms with Crippen molar-refractivity contribution in [2.45, 2.75) is 40.0 Å². The third-order valence-corrected chi connectivity index (χ3v) is 6.48. The van der Waals surface area contributed by atoms with Crippen LogP contribution in [0.4, 0.5) is 0 Å². The largest absolute Gasteiger partial charge is 0.343 e. The van der Waals surface area contributed by atoms with Crippen molar-refractivity contribution in [2.75, 3.05) is 6.54 Å². The first-order valence-electron chi connectivity index (χ1n) is 9.20. The minimum atomic E-state index is -0.303. The Hall–Kier alpha value is -2.43. The van der Waals surface area contributed by atoms with Gasteiger partial charge in [0.2, 0.25) is 5.91 Å². The highest BCUT2D eigenvalue weighted by Crippen LogP contribution is 2.63. The van der Waals surface area contributed by atoms with Crippen LogP contribution in [0, 0.1) is 16.7 Å². The zero-order valence-corrected chi connectivity index (χ0v) is 15.7. The molecule has 0 heterocycles. The van der Waals surface area contributed by atoms with Crippen LogP contribution in [0.25, 0.3) is 6.08 Å². The van der Waals surface area contributed by atoms with Gasteiger partial charge in [0.1, 0.15) is 0 Å². The van der Waals surface area contributed by atoms with Crippen LogP contribution in [0.5, 0.6) is 0 Å². The van der Waals surface area contributed by atoms with Crippen molar-refractivity contribution in [3.8, 4) is 0 Å². The number of nitrogens with one attached hydrogen (secondary N) is 2. The molecule has 2 fully saturated rings. The molecule has 0 radical (unpaired) electrons. The number of benzene rings is 1. The molecule has 26 heavy (non-hydrogen) atoms. The van der Waals surface area contributed by atoms with Crippen LogP contribution >= 0.6 is 0 Å². The van der Waals surface area contributed by atoms with Gasteiger partial charge in [-0.15, -0.1) is 0 Å². The molecule has 2 atom stereocenters. The number of amides is 2.